The van der Waals surface area contributed by atoms with Crippen molar-refractivity contribution in [2.24, 2.45) is 0 Å². The molecule has 1 fully saturated rings. The number of aryl methyl sites for hydroxylation is 1. The van der Waals surface area contributed by atoms with Crippen LogP contribution < -0.4 is 5.32 Å². The number of hydrogen-bond donors (Lipinski definition) is 2. The van der Waals surface area contributed by atoms with Crippen LogP contribution in [0.15, 0.2) is 18.2 Å². The molecule has 0 aliphatic carbocycles. The van der Waals surface area contributed by atoms with Gasteiger partial charge in [0.2, 0.25) is 5.91 Å². The van der Waals surface area contributed by atoms with Crippen LogP contribution >= 0.6 is 0 Å². The highest BCUT2D eigenvalue weighted by Crippen LogP contribution is 2.25. The maximum atomic E-state index is 13.1. The first-order valence-corrected chi connectivity index (χ1v) is 7.95. The first-order valence-electron chi connectivity index (χ1n) is 7.95. The zero-order valence-electron chi connectivity index (χ0n) is 13.3. The maximum absolute atomic E-state index is 13.1. The first-order chi connectivity index (χ1) is 11.4. The van der Waals surface area contributed by atoms with Crippen molar-refractivity contribution in [1.29, 1.82) is 0 Å². The van der Waals surface area contributed by atoms with E-state index in [0.717, 1.165) is 12.1 Å². The van der Waals surface area contributed by atoms with E-state index in [1.54, 1.807) is 0 Å². The largest absolute Gasteiger partial charge is 0.481 e. The molecule has 7 heteroatoms. The quantitative estimate of drug-likeness (QED) is 0.799. The van der Waals surface area contributed by atoms with Gasteiger partial charge in [-0.25, -0.2) is 8.78 Å². The summed E-state index contributed by atoms with van der Waals surface area (Å²) in [7, 11) is 0. The average Bonchev–Trinajstić information content (AvgIpc) is 2.50. The van der Waals surface area contributed by atoms with Crippen molar-refractivity contribution >= 4 is 11.9 Å². The van der Waals surface area contributed by atoms with Crippen molar-refractivity contribution in [1.82, 2.24) is 5.32 Å². The van der Waals surface area contributed by atoms with Crippen LogP contribution in [0.25, 0.3) is 0 Å². The lowest BCUT2D eigenvalue weighted by molar-refractivity contribution is -0.140. The minimum atomic E-state index is -0.959. The third kappa shape index (κ3) is 5.26. The molecule has 0 spiro atoms. The van der Waals surface area contributed by atoms with Gasteiger partial charge in [0.1, 0.15) is 0 Å². The van der Waals surface area contributed by atoms with E-state index in [4.69, 9.17) is 9.84 Å². The smallest absolute Gasteiger partial charge is 0.305 e. The van der Waals surface area contributed by atoms with Gasteiger partial charge in [0.05, 0.1) is 12.0 Å². The van der Waals surface area contributed by atoms with Gasteiger partial charge in [-0.3, -0.25) is 9.59 Å². The summed E-state index contributed by atoms with van der Waals surface area (Å²) in [5, 5.41) is 11.9. The van der Waals surface area contributed by atoms with Crippen molar-refractivity contribution in [3.05, 3.63) is 35.4 Å². The van der Waals surface area contributed by atoms with E-state index >= 15 is 0 Å². The second-order valence-corrected chi connectivity index (χ2v) is 6.11. The van der Waals surface area contributed by atoms with Crippen molar-refractivity contribution in [3.8, 4) is 0 Å². The molecular formula is C17H21F2NO4. The van der Waals surface area contributed by atoms with Gasteiger partial charge in [0, 0.05) is 19.6 Å². The molecule has 0 saturated carbocycles. The molecule has 0 unspecified atom stereocenters. The second kappa shape index (κ2) is 8.19. The lowest BCUT2D eigenvalue weighted by Crippen LogP contribution is -2.53. The molecular weight excluding hydrogens is 320 g/mol. The van der Waals surface area contributed by atoms with Gasteiger partial charge in [-0.1, -0.05) is 6.07 Å². The summed E-state index contributed by atoms with van der Waals surface area (Å²) in [6, 6.07) is 3.67. The van der Waals surface area contributed by atoms with Gasteiger partial charge in [0.15, 0.2) is 11.6 Å². The van der Waals surface area contributed by atoms with Gasteiger partial charge in [-0.15, -0.1) is 0 Å². The van der Waals surface area contributed by atoms with Gasteiger partial charge in [-0.2, -0.15) is 0 Å². The van der Waals surface area contributed by atoms with Gasteiger partial charge >= 0.3 is 5.97 Å². The Morgan fingerprint density at radius 1 is 1.21 bits per heavy atom. The molecule has 0 atom stereocenters. The predicted octanol–water partition coefficient (Wildman–Crippen LogP) is 2.43. The lowest BCUT2D eigenvalue weighted by atomic mass is 9.86. The normalized spacial score (nSPS) is 16.6. The Balaban J connectivity index is 1.84. The van der Waals surface area contributed by atoms with Gasteiger partial charge < -0.3 is 15.2 Å². The summed E-state index contributed by atoms with van der Waals surface area (Å²) in [5.41, 5.74) is -0.142. The Kier molecular flexibility index (Phi) is 6.25. The molecule has 0 aromatic heterocycles. The van der Waals surface area contributed by atoms with Gasteiger partial charge in [0.25, 0.3) is 0 Å². The zero-order chi connectivity index (χ0) is 17.6. The summed E-state index contributed by atoms with van der Waals surface area (Å²) >= 11 is 0. The summed E-state index contributed by atoms with van der Waals surface area (Å²) in [6.45, 7) is 0.838. The van der Waals surface area contributed by atoms with Crippen molar-refractivity contribution in [2.75, 3.05) is 13.2 Å². The number of nitrogens with one attached hydrogen (secondary N) is 1. The molecule has 0 radical (unpaired) electrons. The first kappa shape index (κ1) is 18.3. The third-order valence-electron chi connectivity index (χ3n) is 4.20. The minimum Gasteiger partial charge on any atom is -0.481 e. The molecule has 1 aromatic rings. The SMILES string of the molecule is O=C(O)CC1(NC(=O)CCCc2ccc(F)c(F)c2)CCOCC1. The molecule has 1 heterocycles. The Morgan fingerprint density at radius 2 is 1.92 bits per heavy atom. The van der Waals surface area contributed by atoms with Crippen LogP contribution in [0, 0.1) is 11.6 Å². The fourth-order valence-corrected chi connectivity index (χ4v) is 2.90. The zero-order valence-corrected chi connectivity index (χ0v) is 13.3. The van der Waals surface area contributed by atoms with E-state index in [2.05, 4.69) is 5.32 Å². The van der Waals surface area contributed by atoms with Crippen molar-refractivity contribution < 1.29 is 28.2 Å². The van der Waals surface area contributed by atoms with E-state index in [9.17, 15) is 18.4 Å². The number of rotatable bonds is 7. The second-order valence-electron chi connectivity index (χ2n) is 6.11. The van der Waals surface area contributed by atoms with Crippen molar-refractivity contribution in [2.45, 2.75) is 44.1 Å². The third-order valence-corrected chi connectivity index (χ3v) is 4.20. The maximum Gasteiger partial charge on any atom is 0.305 e. The van der Waals surface area contributed by atoms with Crippen LogP contribution in [-0.4, -0.2) is 35.7 Å². The van der Waals surface area contributed by atoms with Crippen LogP contribution in [-0.2, 0) is 20.7 Å². The number of carboxylic acids is 1. The number of hydrogen-bond acceptors (Lipinski definition) is 3. The molecule has 1 aliphatic rings. The van der Waals surface area contributed by atoms with Crippen LogP contribution in [0.5, 0.6) is 0 Å². The van der Waals surface area contributed by atoms with E-state index in [1.807, 2.05) is 0 Å². The predicted molar refractivity (Wildman–Crippen MR) is 82.5 cm³/mol. The fourth-order valence-electron chi connectivity index (χ4n) is 2.90. The molecule has 2 rings (SSSR count). The Hall–Kier alpha value is -2.02. The highest BCUT2D eigenvalue weighted by Gasteiger charge is 2.36. The highest BCUT2D eigenvalue weighted by molar-refractivity contribution is 5.78. The standard InChI is InChI=1S/C17H21F2NO4/c18-13-5-4-12(10-14(13)19)2-1-3-15(21)20-17(11-16(22)23)6-8-24-9-7-17/h4-5,10H,1-3,6-9,11H2,(H,20,21)(H,22,23). The number of ether oxygens (including phenoxy) is 1. The molecule has 5 nitrogen and oxygen atoms in total. The summed E-state index contributed by atoms with van der Waals surface area (Å²) in [5.74, 6) is -2.99. The highest BCUT2D eigenvalue weighted by atomic mass is 19.2. The minimum absolute atomic E-state index is 0.134. The van der Waals surface area contributed by atoms with Crippen molar-refractivity contribution in [3.63, 3.8) is 0 Å². The van der Waals surface area contributed by atoms with E-state index in [0.29, 0.717) is 44.5 Å². The lowest BCUT2D eigenvalue weighted by Gasteiger charge is -2.36. The molecule has 1 aliphatic heterocycles. The average molecular weight is 341 g/mol. The molecule has 24 heavy (non-hydrogen) atoms. The molecule has 1 amide bonds. The number of halogens is 2. The number of carbonyl (C=O) groups excluding carboxylic acids is 1. The van der Waals surface area contributed by atoms with E-state index in [1.165, 1.54) is 6.07 Å². The van der Waals surface area contributed by atoms with E-state index < -0.39 is 23.1 Å². The number of carboxylic acid groups (broad SMARTS) is 1. The number of benzene rings is 1. The Bertz CT molecular complexity index is 600. The fraction of sp³-hybridized carbons (Fsp3) is 0.529. The van der Waals surface area contributed by atoms with Crippen LogP contribution in [0.4, 0.5) is 8.78 Å². The van der Waals surface area contributed by atoms with Gasteiger partial charge in [-0.05, 0) is 43.4 Å². The van der Waals surface area contributed by atoms with Crippen LogP contribution in [0.3, 0.4) is 0 Å². The van der Waals surface area contributed by atoms with E-state index in [-0.39, 0.29) is 18.7 Å². The molecule has 132 valence electrons. The topological polar surface area (TPSA) is 75.6 Å². The van der Waals surface area contributed by atoms with Crippen LogP contribution in [0.1, 0.15) is 37.7 Å². The summed E-state index contributed by atoms with van der Waals surface area (Å²) in [6.07, 6.45) is 1.91. The van der Waals surface area contributed by atoms with Crippen LogP contribution in [0.2, 0.25) is 0 Å². The number of carbonyl (C=O) groups is 2. The molecule has 1 saturated heterocycles. The Morgan fingerprint density at radius 3 is 2.54 bits per heavy atom. The number of amides is 1. The Labute approximate surface area is 139 Å². The molecule has 2 N–H and O–H groups in total. The summed E-state index contributed by atoms with van der Waals surface area (Å²) in [4.78, 5) is 23.2. The summed E-state index contributed by atoms with van der Waals surface area (Å²) < 4.78 is 31.2. The number of aliphatic carboxylic acids is 1. The molecule has 0 bridgehead atoms. The monoisotopic (exact) mass is 341 g/mol. The molecule has 1 aromatic carbocycles.